The average Bonchev–Trinajstić information content (AvgIpc) is 3.07. The van der Waals surface area contributed by atoms with Gasteiger partial charge in [-0.25, -0.2) is 4.98 Å². The van der Waals surface area contributed by atoms with Crippen molar-refractivity contribution in [2.24, 2.45) is 0 Å². The zero-order valence-electron chi connectivity index (χ0n) is 13.2. The van der Waals surface area contributed by atoms with Crippen molar-refractivity contribution >= 4 is 57.3 Å². The summed E-state index contributed by atoms with van der Waals surface area (Å²) < 4.78 is 0. The van der Waals surface area contributed by atoms with Gasteiger partial charge in [0.15, 0.2) is 5.13 Å². The first-order valence-corrected chi connectivity index (χ1v) is 9.98. The molecule has 25 heavy (non-hydrogen) atoms. The largest absolute Gasteiger partial charge is 0.301 e. The summed E-state index contributed by atoms with van der Waals surface area (Å²) in [5.74, 6) is -0.130. The van der Waals surface area contributed by atoms with Gasteiger partial charge in [0.05, 0.1) is 16.0 Å². The number of aromatic nitrogens is 1. The maximum atomic E-state index is 12.4. The van der Waals surface area contributed by atoms with E-state index in [0.29, 0.717) is 15.2 Å². The Hall–Kier alpha value is -1.53. The lowest BCUT2D eigenvalue weighted by atomic mass is 10.2. The SMILES string of the molecule is C[C@H](Sc1cc(Cl)ccc1Cl)C(=O)Nc1nc(-c2ccccc2)cs1. The van der Waals surface area contributed by atoms with Crippen LogP contribution in [0.5, 0.6) is 0 Å². The van der Waals surface area contributed by atoms with Crippen molar-refractivity contribution in [3.05, 3.63) is 64.0 Å². The van der Waals surface area contributed by atoms with E-state index in [0.717, 1.165) is 16.2 Å². The second kappa shape index (κ2) is 8.23. The molecule has 0 fully saturated rings. The second-order valence-electron chi connectivity index (χ2n) is 5.23. The van der Waals surface area contributed by atoms with E-state index < -0.39 is 0 Å². The van der Waals surface area contributed by atoms with Gasteiger partial charge in [-0.05, 0) is 25.1 Å². The molecule has 7 heteroatoms. The molecule has 0 bridgehead atoms. The van der Waals surface area contributed by atoms with Crippen molar-refractivity contribution < 1.29 is 4.79 Å². The lowest BCUT2D eigenvalue weighted by Crippen LogP contribution is -2.22. The van der Waals surface area contributed by atoms with Crippen molar-refractivity contribution in [3.8, 4) is 11.3 Å². The maximum absolute atomic E-state index is 12.4. The smallest absolute Gasteiger partial charge is 0.239 e. The molecule has 1 amide bonds. The van der Waals surface area contributed by atoms with Crippen molar-refractivity contribution in [1.82, 2.24) is 4.98 Å². The molecule has 0 spiro atoms. The van der Waals surface area contributed by atoms with Crippen LogP contribution < -0.4 is 5.32 Å². The quantitative estimate of drug-likeness (QED) is 0.508. The number of carbonyl (C=O) groups excluding carboxylic acids is 1. The Morgan fingerprint density at radius 1 is 1.20 bits per heavy atom. The van der Waals surface area contributed by atoms with Crippen LogP contribution in [0.25, 0.3) is 11.3 Å². The standard InChI is InChI=1S/C18H14Cl2N2OS2/c1-11(25-16-9-13(19)7-8-14(16)20)17(23)22-18-21-15(10-24-18)12-5-3-2-4-6-12/h2-11H,1H3,(H,21,22,23)/t11-/m0/s1. The van der Waals surface area contributed by atoms with Crippen LogP contribution >= 0.6 is 46.3 Å². The third kappa shape index (κ3) is 4.76. The van der Waals surface area contributed by atoms with Crippen LogP contribution in [0.2, 0.25) is 10.0 Å². The average molecular weight is 409 g/mol. The van der Waals surface area contributed by atoms with Crippen LogP contribution in [0.4, 0.5) is 5.13 Å². The van der Waals surface area contributed by atoms with Gasteiger partial charge in [-0.15, -0.1) is 23.1 Å². The lowest BCUT2D eigenvalue weighted by Gasteiger charge is -2.11. The van der Waals surface area contributed by atoms with Crippen LogP contribution in [0, 0.1) is 0 Å². The summed E-state index contributed by atoms with van der Waals surface area (Å²) in [6.07, 6.45) is 0. The molecule has 128 valence electrons. The summed E-state index contributed by atoms with van der Waals surface area (Å²) >= 11 is 14.9. The van der Waals surface area contributed by atoms with Gasteiger partial charge < -0.3 is 5.32 Å². The number of anilines is 1. The van der Waals surface area contributed by atoms with Crippen LogP contribution in [-0.2, 0) is 4.79 Å². The van der Waals surface area contributed by atoms with Crippen LogP contribution in [0.1, 0.15) is 6.92 Å². The third-order valence-corrected chi connectivity index (χ3v) is 5.96. The molecule has 3 rings (SSSR count). The number of hydrogen-bond donors (Lipinski definition) is 1. The summed E-state index contributed by atoms with van der Waals surface area (Å²) in [5.41, 5.74) is 1.87. The number of amides is 1. The molecule has 1 heterocycles. The fourth-order valence-electron chi connectivity index (χ4n) is 2.09. The Morgan fingerprint density at radius 2 is 1.96 bits per heavy atom. The number of nitrogens with zero attached hydrogens (tertiary/aromatic N) is 1. The first-order chi connectivity index (χ1) is 12.0. The van der Waals surface area contributed by atoms with Crippen LogP contribution in [0.3, 0.4) is 0 Å². The molecule has 0 aliphatic heterocycles. The Morgan fingerprint density at radius 3 is 2.72 bits per heavy atom. The molecule has 1 aromatic heterocycles. The van der Waals surface area contributed by atoms with E-state index in [2.05, 4.69) is 10.3 Å². The number of nitrogens with one attached hydrogen (secondary N) is 1. The summed E-state index contributed by atoms with van der Waals surface area (Å²) in [4.78, 5) is 17.7. The summed E-state index contributed by atoms with van der Waals surface area (Å²) in [5, 5.41) is 6.20. The van der Waals surface area contributed by atoms with Gasteiger partial charge in [0.1, 0.15) is 0 Å². The zero-order chi connectivity index (χ0) is 17.8. The van der Waals surface area contributed by atoms with Crippen molar-refractivity contribution in [3.63, 3.8) is 0 Å². The number of hydrogen-bond acceptors (Lipinski definition) is 4. The maximum Gasteiger partial charge on any atom is 0.239 e. The summed E-state index contributed by atoms with van der Waals surface area (Å²) in [7, 11) is 0. The first-order valence-electron chi connectivity index (χ1n) is 7.46. The van der Waals surface area contributed by atoms with Crippen molar-refractivity contribution in [2.45, 2.75) is 17.1 Å². The summed E-state index contributed by atoms with van der Waals surface area (Å²) in [6.45, 7) is 1.82. The number of thiazole rings is 1. The minimum Gasteiger partial charge on any atom is -0.301 e. The summed E-state index contributed by atoms with van der Waals surface area (Å²) in [6, 6.07) is 15.1. The van der Waals surface area contributed by atoms with Crippen molar-refractivity contribution in [1.29, 1.82) is 0 Å². The molecule has 0 aliphatic rings. The van der Waals surface area contributed by atoms with Gasteiger partial charge in [0.2, 0.25) is 5.91 Å². The molecule has 2 aromatic carbocycles. The van der Waals surface area contributed by atoms with Gasteiger partial charge in [0, 0.05) is 20.9 Å². The highest BCUT2D eigenvalue weighted by Gasteiger charge is 2.18. The molecule has 0 saturated heterocycles. The molecular formula is C18H14Cl2N2OS2. The van der Waals surface area contributed by atoms with Gasteiger partial charge in [-0.3, -0.25) is 4.79 Å². The lowest BCUT2D eigenvalue weighted by molar-refractivity contribution is -0.115. The third-order valence-electron chi connectivity index (χ3n) is 3.37. The van der Waals surface area contributed by atoms with Gasteiger partial charge in [-0.1, -0.05) is 53.5 Å². The monoisotopic (exact) mass is 408 g/mol. The number of thioether (sulfide) groups is 1. The second-order valence-corrected chi connectivity index (χ2v) is 8.31. The predicted molar refractivity (Wildman–Crippen MR) is 108 cm³/mol. The van der Waals surface area contributed by atoms with E-state index in [1.165, 1.54) is 23.1 Å². The minimum atomic E-state index is -0.333. The molecule has 0 radical (unpaired) electrons. The molecule has 1 atom stereocenters. The highest BCUT2D eigenvalue weighted by molar-refractivity contribution is 8.00. The minimum absolute atomic E-state index is 0.130. The Balaban J connectivity index is 1.66. The zero-order valence-corrected chi connectivity index (χ0v) is 16.3. The van der Waals surface area contributed by atoms with E-state index in [4.69, 9.17) is 23.2 Å². The topological polar surface area (TPSA) is 42.0 Å². The van der Waals surface area contributed by atoms with Gasteiger partial charge >= 0.3 is 0 Å². The molecule has 3 nitrogen and oxygen atoms in total. The van der Waals surface area contributed by atoms with E-state index >= 15 is 0 Å². The number of rotatable bonds is 5. The molecule has 0 aliphatic carbocycles. The molecule has 1 N–H and O–H groups in total. The Labute approximate surface area is 164 Å². The van der Waals surface area contributed by atoms with Gasteiger partial charge in [0.25, 0.3) is 0 Å². The van der Waals surface area contributed by atoms with Crippen molar-refractivity contribution in [2.75, 3.05) is 5.32 Å². The number of halogens is 2. The Bertz CT molecular complexity index is 884. The highest BCUT2D eigenvalue weighted by Crippen LogP contribution is 2.33. The number of benzene rings is 2. The van der Waals surface area contributed by atoms with Crippen LogP contribution in [-0.4, -0.2) is 16.1 Å². The van der Waals surface area contributed by atoms with E-state index in [-0.39, 0.29) is 11.2 Å². The predicted octanol–water partition coefficient (Wildman–Crippen LogP) is 6.24. The fourth-order valence-corrected chi connectivity index (χ4v) is 4.22. The normalized spacial score (nSPS) is 12.0. The fraction of sp³-hybridized carbons (Fsp3) is 0.111. The molecule has 0 saturated carbocycles. The Kier molecular flexibility index (Phi) is 6.02. The first kappa shape index (κ1) is 18.3. The highest BCUT2D eigenvalue weighted by atomic mass is 35.5. The van der Waals surface area contributed by atoms with Crippen LogP contribution in [0.15, 0.2) is 58.8 Å². The number of carbonyl (C=O) groups is 1. The molecule has 0 unspecified atom stereocenters. The molecule has 3 aromatic rings. The van der Waals surface area contributed by atoms with E-state index in [1.54, 1.807) is 18.2 Å². The van der Waals surface area contributed by atoms with E-state index in [9.17, 15) is 4.79 Å². The van der Waals surface area contributed by atoms with E-state index in [1.807, 2.05) is 42.6 Å². The van der Waals surface area contributed by atoms with Gasteiger partial charge in [-0.2, -0.15) is 0 Å². The molecular weight excluding hydrogens is 395 g/mol.